The molecule has 0 saturated carbocycles. The third kappa shape index (κ3) is 4.35. The Labute approximate surface area is 126 Å². The molecule has 0 spiro atoms. The molecule has 0 saturated heterocycles. The van der Waals surface area contributed by atoms with Crippen molar-refractivity contribution in [3.05, 3.63) is 65.2 Å². The van der Waals surface area contributed by atoms with Crippen LogP contribution in [-0.4, -0.2) is 18.6 Å². The molecule has 0 aliphatic rings. The van der Waals surface area contributed by atoms with Crippen LogP contribution in [-0.2, 0) is 0 Å². The van der Waals surface area contributed by atoms with Gasteiger partial charge in [-0.15, -0.1) is 0 Å². The van der Waals surface area contributed by atoms with E-state index >= 15 is 0 Å². The summed E-state index contributed by atoms with van der Waals surface area (Å²) in [6, 6.07) is 15.4. The first-order valence-corrected chi connectivity index (χ1v) is 7.12. The Bertz CT molecular complexity index is 608. The molecule has 2 aromatic rings. The van der Waals surface area contributed by atoms with Crippen LogP contribution >= 0.6 is 0 Å². The van der Waals surface area contributed by atoms with Gasteiger partial charge in [0.05, 0.1) is 6.04 Å². The van der Waals surface area contributed by atoms with Gasteiger partial charge in [0.15, 0.2) is 0 Å². The molecule has 3 nitrogen and oxygen atoms in total. The van der Waals surface area contributed by atoms with Gasteiger partial charge in [-0.1, -0.05) is 35.9 Å². The topological polar surface area (TPSA) is 38.3 Å². The Balaban J connectivity index is 1.90. The van der Waals surface area contributed by atoms with Crippen LogP contribution in [0.4, 0.5) is 0 Å². The van der Waals surface area contributed by atoms with E-state index in [1.165, 1.54) is 0 Å². The van der Waals surface area contributed by atoms with E-state index in [9.17, 15) is 4.79 Å². The highest BCUT2D eigenvalue weighted by Gasteiger charge is 2.12. The number of carbonyl (C=O) groups is 1. The van der Waals surface area contributed by atoms with Gasteiger partial charge in [0.25, 0.3) is 5.91 Å². The summed E-state index contributed by atoms with van der Waals surface area (Å²) in [6.45, 7) is 6.35. The van der Waals surface area contributed by atoms with E-state index in [1.807, 2.05) is 69.3 Å². The zero-order chi connectivity index (χ0) is 15.2. The quantitative estimate of drug-likeness (QED) is 0.912. The van der Waals surface area contributed by atoms with Crippen molar-refractivity contribution in [2.24, 2.45) is 0 Å². The maximum atomic E-state index is 12.2. The third-order valence-electron chi connectivity index (χ3n) is 3.25. The zero-order valence-electron chi connectivity index (χ0n) is 12.7. The van der Waals surface area contributed by atoms with Crippen molar-refractivity contribution in [2.75, 3.05) is 6.61 Å². The molecule has 110 valence electrons. The molecule has 1 N–H and O–H groups in total. The van der Waals surface area contributed by atoms with E-state index in [0.29, 0.717) is 12.2 Å². The Morgan fingerprint density at radius 1 is 1.14 bits per heavy atom. The SMILES string of the molecule is Cc1ccc(C(=O)N[C@@H](C)COc2ccccc2)c(C)c1. The van der Waals surface area contributed by atoms with Gasteiger partial charge in [-0.2, -0.15) is 0 Å². The average molecular weight is 283 g/mol. The van der Waals surface area contributed by atoms with Crippen LogP contribution < -0.4 is 10.1 Å². The predicted octanol–water partition coefficient (Wildman–Crippen LogP) is 3.50. The van der Waals surface area contributed by atoms with Gasteiger partial charge < -0.3 is 10.1 Å². The number of aryl methyl sites for hydroxylation is 2. The van der Waals surface area contributed by atoms with Gasteiger partial charge in [-0.25, -0.2) is 0 Å². The van der Waals surface area contributed by atoms with Crippen LogP contribution in [0.3, 0.4) is 0 Å². The summed E-state index contributed by atoms with van der Waals surface area (Å²) in [7, 11) is 0. The van der Waals surface area contributed by atoms with Gasteiger partial charge in [0, 0.05) is 5.56 Å². The van der Waals surface area contributed by atoms with Crippen LogP contribution in [0.1, 0.15) is 28.4 Å². The lowest BCUT2D eigenvalue weighted by Crippen LogP contribution is -2.37. The first kappa shape index (κ1) is 15.1. The minimum absolute atomic E-state index is 0.0570. The Kier molecular flexibility index (Phi) is 4.99. The van der Waals surface area contributed by atoms with Crippen LogP contribution in [0, 0.1) is 13.8 Å². The minimum atomic E-state index is -0.0586. The fourth-order valence-corrected chi connectivity index (χ4v) is 2.15. The molecule has 0 aliphatic carbocycles. The second kappa shape index (κ2) is 6.93. The lowest BCUT2D eigenvalue weighted by Gasteiger charge is -2.16. The molecule has 21 heavy (non-hydrogen) atoms. The smallest absolute Gasteiger partial charge is 0.251 e. The molecule has 2 rings (SSSR count). The van der Waals surface area contributed by atoms with E-state index in [1.54, 1.807) is 0 Å². The first-order chi connectivity index (χ1) is 10.1. The molecule has 0 bridgehead atoms. The first-order valence-electron chi connectivity index (χ1n) is 7.12. The molecule has 3 heteroatoms. The summed E-state index contributed by atoms with van der Waals surface area (Å²) in [5, 5.41) is 2.96. The molecule has 0 fully saturated rings. The monoisotopic (exact) mass is 283 g/mol. The van der Waals surface area contributed by atoms with Crippen molar-refractivity contribution in [3.8, 4) is 5.75 Å². The lowest BCUT2D eigenvalue weighted by atomic mass is 10.1. The number of ether oxygens (including phenoxy) is 1. The molecule has 1 amide bonds. The average Bonchev–Trinajstić information content (AvgIpc) is 2.46. The second-order valence-electron chi connectivity index (χ2n) is 5.32. The van der Waals surface area contributed by atoms with Gasteiger partial charge >= 0.3 is 0 Å². The predicted molar refractivity (Wildman–Crippen MR) is 84.8 cm³/mol. The van der Waals surface area contributed by atoms with Crippen LogP contribution in [0.5, 0.6) is 5.75 Å². The van der Waals surface area contributed by atoms with E-state index in [4.69, 9.17) is 4.74 Å². The van der Waals surface area contributed by atoms with E-state index in [0.717, 1.165) is 16.9 Å². The second-order valence-corrected chi connectivity index (χ2v) is 5.32. The minimum Gasteiger partial charge on any atom is -0.491 e. The molecule has 0 radical (unpaired) electrons. The Morgan fingerprint density at radius 2 is 1.86 bits per heavy atom. The number of rotatable bonds is 5. The van der Waals surface area contributed by atoms with Crippen molar-refractivity contribution in [1.29, 1.82) is 0 Å². The number of nitrogens with one attached hydrogen (secondary N) is 1. The number of hydrogen-bond acceptors (Lipinski definition) is 2. The standard InChI is InChI=1S/C18H21NO2/c1-13-9-10-17(14(2)11-13)18(20)19-15(3)12-21-16-7-5-4-6-8-16/h4-11,15H,12H2,1-3H3,(H,19,20)/t15-/m0/s1. The third-order valence-corrected chi connectivity index (χ3v) is 3.25. The van der Waals surface area contributed by atoms with Gasteiger partial charge in [0.2, 0.25) is 0 Å². The summed E-state index contributed by atoms with van der Waals surface area (Å²) in [6.07, 6.45) is 0. The maximum absolute atomic E-state index is 12.2. The Morgan fingerprint density at radius 3 is 2.52 bits per heavy atom. The summed E-state index contributed by atoms with van der Waals surface area (Å²) in [5.41, 5.74) is 2.86. The number of para-hydroxylation sites is 1. The highest BCUT2D eigenvalue weighted by atomic mass is 16.5. The van der Waals surface area contributed by atoms with Crippen molar-refractivity contribution in [2.45, 2.75) is 26.8 Å². The number of carbonyl (C=O) groups excluding carboxylic acids is 1. The van der Waals surface area contributed by atoms with Crippen molar-refractivity contribution < 1.29 is 9.53 Å². The van der Waals surface area contributed by atoms with Gasteiger partial charge in [0.1, 0.15) is 12.4 Å². The van der Waals surface area contributed by atoms with Crippen molar-refractivity contribution >= 4 is 5.91 Å². The molecule has 0 aliphatic heterocycles. The Hall–Kier alpha value is -2.29. The van der Waals surface area contributed by atoms with E-state index in [-0.39, 0.29) is 11.9 Å². The molecule has 2 aromatic carbocycles. The lowest BCUT2D eigenvalue weighted by molar-refractivity contribution is 0.0926. The fourth-order valence-electron chi connectivity index (χ4n) is 2.15. The molecule has 0 unspecified atom stereocenters. The summed E-state index contributed by atoms with van der Waals surface area (Å²) in [5.74, 6) is 0.752. The molecule has 0 aromatic heterocycles. The number of amides is 1. The van der Waals surface area contributed by atoms with Gasteiger partial charge in [-0.3, -0.25) is 4.79 Å². The van der Waals surface area contributed by atoms with Crippen molar-refractivity contribution in [1.82, 2.24) is 5.32 Å². The van der Waals surface area contributed by atoms with Crippen LogP contribution in [0.25, 0.3) is 0 Å². The maximum Gasteiger partial charge on any atom is 0.251 e. The fraction of sp³-hybridized carbons (Fsp3) is 0.278. The molecule has 1 atom stereocenters. The molecule has 0 heterocycles. The van der Waals surface area contributed by atoms with Crippen molar-refractivity contribution in [3.63, 3.8) is 0 Å². The summed E-state index contributed by atoms with van der Waals surface area (Å²) in [4.78, 5) is 12.2. The molecular formula is C18H21NO2. The highest BCUT2D eigenvalue weighted by molar-refractivity contribution is 5.95. The van der Waals surface area contributed by atoms with Crippen LogP contribution in [0.15, 0.2) is 48.5 Å². The van der Waals surface area contributed by atoms with Gasteiger partial charge in [-0.05, 0) is 44.5 Å². The van der Waals surface area contributed by atoms with E-state index < -0.39 is 0 Å². The summed E-state index contributed by atoms with van der Waals surface area (Å²) >= 11 is 0. The van der Waals surface area contributed by atoms with Crippen LogP contribution in [0.2, 0.25) is 0 Å². The number of hydrogen-bond donors (Lipinski definition) is 1. The normalized spacial score (nSPS) is 11.8. The summed E-state index contributed by atoms with van der Waals surface area (Å²) < 4.78 is 5.64. The highest BCUT2D eigenvalue weighted by Crippen LogP contribution is 2.11. The number of benzene rings is 2. The molecular weight excluding hydrogens is 262 g/mol. The van der Waals surface area contributed by atoms with E-state index in [2.05, 4.69) is 5.32 Å². The largest absolute Gasteiger partial charge is 0.491 e. The zero-order valence-corrected chi connectivity index (χ0v) is 12.7.